The highest BCUT2D eigenvalue weighted by Crippen LogP contribution is 2.25. The number of amides is 1. The molecule has 2 saturated heterocycles. The lowest BCUT2D eigenvalue weighted by atomic mass is 9.96. The number of piperazine rings is 1. The smallest absolute Gasteiger partial charge is 0.243 e. The van der Waals surface area contributed by atoms with Gasteiger partial charge in [-0.15, -0.1) is 0 Å². The zero-order valence-electron chi connectivity index (χ0n) is 18.4. The van der Waals surface area contributed by atoms with Crippen molar-refractivity contribution in [2.75, 3.05) is 26.2 Å². The van der Waals surface area contributed by atoms with E-state index < -0.39 is 10.0 Å². The van der Waals surface area contributed by atoms with Gasteiger partial charge in [0.15, 0.2) is 0 Å². The van der Waals surface area contributed by atoms with Crippen LogP contribution in [-0.4, -0.2) is 72.7 Å². The highest BCUT2D eigenvalue weighted by Gasteiger charge is 2.36. The Morgan fingerprint density at radius 3 is 2.14 bits per heavy atom. The maximum Gasteiger partial charge on any atom is 0.243 e. The fourth-order valence-electron chi connectivity index (χ4n) is 4.58. The molecule has 6 nitrogen and oxygen atoms in total. The Labute approximate surface area is 175 Å². The summed E-state index contributed by atoms with van der Waals surface area (Å²) in [6.07, 6.45) is 3.30. The molecule has 0 aliphatic carbocycles. The van der Waals surface area contributed by atoms with Crippen LogP contribution in [0, 0.1) is 13.8 Å². The molecule has 1 aromatic rings. The Morgan fingerprint density at radius 2 is 1.59 bits per heavy atom. The lowest BCUT2D eigenvalue weighted by molar-refractivity contribution is -0.143. The number of likely N-dealkylation sites (tertiary alicyclic amines) is 1. The van der Waals surface area contributed by atoms with Crippen molar-refractivity contribution in [1.29, 1.82) is 0 Å². The van der Waals surface area contributed by atoms with Crippen LogP contribution >= 0.6 is 0 Å². The first-order valence-corrected chi connectivity index (χ1v) is 12.2. The Kier molecular flexibility index (Phi) is 6.70. The number of nitrogens with zero attached hydrogens (tertiary/aromatic N) is 3. The molecule has 3 atom stereocenters. The van der Waals surface area contributed by atoms with E-state index in [4.69, 9.17) is 0 Å². The summed E-state index contributed by atoms with van der Waals surface area (Å²) in [6.45, 7) is 12.1. The normalized spacial score (nSPS) is 25.8. The van der Waals surface area contributed by atoms with Crippen LogP contribution in [-0.2, 0) is 14.8 Å². The van der Waals surface area contributed by atoms with Crippen molar-refractivity contribution in [1.82, 2.24) is 14.1 Å². The minimum atomic E-state index is -3.50. The Balaban J connectivity index is 1.65. The van der Waals surface area contributed by atoms with Crippen LogP contribution in [0.5, 0.6) is 0 Å². The van der Waals surface area contributed by atoms with Gasteiger partial charge in [-0.05, 0) is 77.1 Å². The van der Waals surface area contributed by atoms with Crippen LogP contribution in [0.15, 0.2) is 23.1 Å². The lowest BCUT2D eigenvalue weighted by Crippen LogP contribution is -2.58. The van der Waals surface area contributed by atoms with Gasteiger partial charge < -0.3 is 4.90 Å². The zero-order valence-corrected chi connectivity index (χ0v) is 19.2. The Morgan fingerprint density at radius 1 is 1.00 bits per heavy atom. The van der Waals surface area contributed by atoms with E-state index in [0.717, 1.165) is 24.0 Å². The molecule has 29 heavy (non-hydrogen) atoms. The van der Waals surface area contributed by atoms with Crippen LogP contribution in [0.2, 0.25) is 0 Å². The van der Waals surface area contributed by atoms with Gasteiger partial charge in [-0.2, -0.15) is 4.31 Å². The number of hydrogen-bond acceptors (Lipinski definition) is 4. The molecule has 2 heterocycles. The molecule has 3 rings (SSSR count). The molecule has 0 unspecified atom stereocenters. The van der Waals surface area contributed by atoms with E-state index in [1.165, 1.54) is 6.42 Å². The van der Waals surface area contributed by atoms with E-state index in [1.54, 1.807) is 16.4 Å². The van der Waals surface area contributed by atoms with Gasteiger partial charge in [-0.3, -0.25) is 9.69 Å². The average molecular weight is 422 g/mol. The molecule has 0 spiro atoms. The summed E-state index contributed by atoms with van der Waals surface area (Å²) in [5, 5.41) is 0. The molecular formula is C22H35N3O3S. The van der Waals surface area contributed by atoms with Gasteiger partial charge in [-0.25, -0.2) is 8.42 Å². The van der Waals surface area contributed by atoms with E-state index >= 15 is 0 Å². The lowest BCUT2D eigenvalue weighted by Gasteiger charge is -2.43. The van der Waals surface area contributed by atoms with E-state index in [2.05, 4.69) is 18.7 Å². The summed E-state index contributed by atoms with van der Waals surface area (Å²) < 4.78 is 27.6. The largest absolute Gasteiger partial charge is 0.336 e. The maximum absolute atomic E-state index is 13.1. The Hall–Kier alpha value is -1.44. The van der Waals surface area contributed by atoms with Gasteiger partial charge in [0.05, 0.1) is 10.9 Å². The van der Waals surface area contributed by atoms with Crippen LogP contribution in [0.1, 0.15) is 51.2 Å². The number of sulfonamides is 1. The van der Waals surface area contributed by atoms with Gasteiger partial charge in [0.1, 0.15) is 0 Å². The monoisotopic (exact) mass is 421 g/mol. The molecule has 1 amide bonds. The molecule has 1 aromatic carbocycles. The zero-order chi connectivity index (χ0) is 21.3. The standard InChI is InChI=1S/C22H35N3O3S/c1-16-9-10-21(15-17(16)2)29(27,28)24-13-11-23(12-14-24)20(5)22(26)25-18(3)7-6-8-19(25)4/h9-10,15,18-20H,6-8,11-14H2,1-5H3/t18-,19-,20-/m0/s1. The second kappa shape index (κ2) is 8.74. The molecule has 0 N–H and O–H groups in total. The SMILES string of the molecule is Cc1ccc(S(=O)(=O)N2CCN([C@@H](C)C(=O)N3[C@@H](C)CCC[C@@H]3C)CC2)cc1C. The second-order valence-corrected chi connectivity index (χ2v) is 10.7. The van der Waals surface area contributed by atoms with Crippen molar-refractivity contribution in [3.8, 4) is 0 Å². The molecule has 7 heteroatoms. The number of aryl methyl sites for hydroxylation is 2. The maximum atomic E-state index is 13.1. The molecule has 0 aromatic heterocycles. The summed E-state index contributed by atoms with van der Waals surface area (Å²) in [4.78, 5) is 17.7. The van der Waals surface area contributed by atoms with Gasteiger partial charge in [-0.1, -0.05) is 6.07 Å². The predicted molar refractivity (Wildman–Crippen MR) is 115 cm³/mol. The van der Waals surface area contributed by atoms with Crippen molar-refractivity contribution < 1.29 is 13.2 Å². The molecule has 0 saturated carbocycles. The topological polar surface area (TPSA) is 60.9 Å². The van der Waals surface area contributed by atoms with Crippen LogP contribution < -0.4 is 0 Å². The third-order valence-electron chi connectivity index (χ3n) is 6.74. The van der Waals surface area contributed by atoms with E-state index in [-0.39, 0.29) is 24.0 Å². The van der Waals surface area contributed by atoms with Gasteiger partial charge in [0.2, 0.25) is 15.9 Å². The number of rotatable bonds is 4. The summed E-state index contributed by atoms with van der Waals surface area (Å²) in [5.74, 6) is 0.176. The third-order valence-corrected chi connectivity index (χ3v) is 8.64. The molecular weight excluding hydrogens is 386 g/mol. The molecule has 2 aliphatic heterocycles. The van der Waals surface area contributed by atoms with E-state index in [1.807, 2.05) is 31.7 Å². The first kappa shape index (κ1) is 22.2. The fourth-order valence-corrected chi connectivity index (χ4v) is 6.09. The number of piperidine rings is 1. The number of hydrogen-bond donors (Lipinski definition) is 0. The third kappa shape index (κ3) is 4.52. The fraction of sp³-hybridized carbons (Fsp3) is 0.682. The quantitative estimate of drug-likeness (QED) is 0.750. The van der Waals surface area contributed by atoms with Crippen molar-refractivity contribution >= 4 is 15.9 Å². The van der Waals surface area contributed by atoms with Gasteiger partial charge >= 0.3 is 0 Å². The van der Waals surface area contributed by atoms with Crippen LogP contribution in [0.4, 0.5) is 0 Å². The summed E-state index contributed by atoms with van der Waals surface area (Å²) in [7, 11) is -3.50. The first-order valence-electron chi connectivity index (χ1n) is 10.8. The second-order valence-electron chi connectivity index (χ2n) is 8.74. The van der Waals surface area contributed by atoms with Crippen molar-refractivity contribution in [2.24, 2.45) is 0 Å². The van der Waals surface area contributed by atoms with Crippen LogP contribution in [0.25, 0.3) is 0 Å². The average Bonchev–Trinajstić information content (AvgIpc) is 2.69. The number of benzene rings is 1. The Bertz CT molecular complexity index is 837. The highest BCUT2D eigenvalue weighted by molar-refractivity contribution is 7.89. The minimum Gasteiger partial charge on any atom is -0.336 e. The predicted octanol–water partition coefficient (Wildman–Crippen LogP) is 2.79. The molecule has 2 fully saturated rings. The van der Waals surface area contributed by atoms with E-state index in [9.17, 15) is 13.2 Å². The first-order chi connectivity index (χ1) is 13.6. The number of carbonyl (C=O) groups excluding carboxylic acids is 1. The van der Waals surface area contributed by atoms with E-state index in [0.29, 0.717) is 31.1 Å². The minimum absolute atomic E-state index is 0.176. The van der Waals surface area contributed by atoms with Crippen molar-refractivity contribution in [3.05, 3.63) is 29.3 Å². The summed E-state index contributed by atoms with van der Waals surface area (Å²) in [6, 6.07) is 5.64. The van der Waals surface area contributed by atoms with Crippen molar-refractivity contribution in [2.45, 2.75) is 76.9 Å². The van der Waals surface area contributed by atoms with Crippen molar-refractivity contribution in [3.63, 3.8) is 0 Å². The molecule has 162 valence electrons. The van der Waals surface area contributed by atoms with Gasteiger partial charge in [0.25, 0.3) is 0 Å². The highest BCUT2D eigenvalue weighted by atomic mass is 32.2. The van der Waals surface area contributed by atoms with Crippen LogP contribution in [0.3, 0.4) is 0 Å². The summed E-state index contributed by atoms with van der Waals surface area (Å²) in [5.41, 5.74) is 2.07. The molecule has 0 radical (unpaired) electrons. The number of carbonyl (C=O) groups is 1. The molecule has 0 bridgehead atoms. The summed E-state index contributed by atoms with van der Waals surface area (Å²) >= 11 is 0. The van der Waals surface area contributed by atoms with Gasteiger partial charge in [0, 0.05) is 38.3 Å². The molecule has 2 aliphatic rings.